The highest BCUT2D eigenvalue weighted by Gasteiger charge is 2.18. The number of nitrogens with zero attached hydrogens (tertiary/aromatic N) is 2. The van der Waals surface area contributed by atoms with Gasteiger partial charge >= 0.3 is 0 Å². The number of hydrogen-bond donors (Lipinski definition) is 0. The van der Waals surface area contributed by atoms with Crippen LogP contribution in [0.3, 0.4) is 0 Å². The van der Waals surface area contributed by atoms with Gasteiger partial charge in [0.25, 0.3) is 0 Å². The van der Waals surface area contributed by atoms with Gasteiger partial charge in [-0.25, -0.2) is 0 Å². The second kappa shape index (κ2) is 5.98. The number of aryl methyl sites for hydroxylation is 2. The van der Waals surface area contributed by atoms with Crippen LogP contribution in [0.25, 0.3) is 0 Å². The second-order valence-electron chi connectivity index (χ2n) is 4.70. The minimum absolute atomic E-state index is 0.00227. The molecule has 2 rings (SSSR count). The molecule has 0 N–H and O–H groups in total. The third-order valence-electron chi connectivity index (χ3n) is 3.40. The molecule has 0 spiro atoms. The van der Waals surface area contributed by atoms with E-state index in [0.717, 1.165) is 23.4 Å². The van der Waals surface area contributed by atoms with Crippen molar-refractivity contribution in [1.82, 2.24) is 9.78 Å². The molecule has 0 amide bonds. The molecule has 20 heavy (non-hydrogen) atoms. The normalized spacial score (nSPS) is 10.8. The van der Waals surface area contributed by atoms with Crippen molar-refractivity contribution < 1.29 is 4.79 Å². The molecule has 106 valence electrons. The maximum atomic E-state index is 12.4. The molecule has 0 saturated heterocycles. The maximum Gasteiger partial charge on any atom is 0.169 e. The van der Waals surface area contributed by atoms with Crippen LogP contribution in [0, 0.1) is 6.92 Å². The quantitative estimate of drug-likeness (QED) is 0.799. The zero-order valence-electron chi connectivity index (χ0n) is 11.7. The number of Topliss-reactive ketones (excluding diaryl/α,β-unsaturated/α-hetero) is 1. The van der Waals surface area contributed by atoms with Gasteiger partial charge in [-0.15, -0.1) is 0 Å². The molecule has 1 aromatic carbocycles. The average Bonchev–Trinajstić information content (AvgIpc) is 2.69. The molecule has 0 saturated carbocycles. The molecule has 0 fully saturated rings. The van der Waals surface area contributed by atoms with Crippen LogP contribution >= 0.6 is 23.2 Å². The Morgan fingerprint density at radius 3 is 2.65 bits per heavy atom. The molecule has 0 unspecified atom stereocenters. The molecule has 1 heterocycles. The lowest BCUT2D eigenvalue weighted by atomic mass is 10.0. The Labute approximate surface area is 128 Å². The van der Waals surface area contributed by atoms with Crippen LogP contribution in [-0.4, -0.2) is 15.6 Å². The van der Waals surface area contributed by atoms with E-state index in [1.54, 1.807) is 29.9 Å². The van der Waals surface area contributed by atoms with Crippen molar-refractivity contribution >= 4 is 29.0 Å². The fourth-order valence-electron chi connectivity index (χ4n) is 2.17. The van der Waals surface area contributed by atoms with Gasteiger partial charge in [-0.1, -0.05) is 42.3 Å². The summed E-state index contributed by atoms with van der Waals surface area (Å²) in [7, 11) is 1.80. The molecule has 3 nitrogen and oxygen atoms in total. The number of hydrogen-bond acceptors (Lipinski definition) is 2. The smallest absolute Gasteiger partial charge is 0.169 e. The monoisotopic (exact) mass is 310 g/mol. The van der Waals surface area contributed by atoms with E-state index in [2.05, 4.69) is 5.10 Å². The van der Waals surface area contributed by atoms with E-state index in [9.17, 15) is 4.79 Å². The first-order chi connectivity index (χ1) is 9.45. The van der Waals surface area contributed by atoms with Crippen molar-refractivity contribution in [3.05, 3.63) is 50.8 Å². The standard InChI is InChI=1S/C15H16Cl2N2O/c1-4-12-15(17)13(19(3)18-12)8-14(20)10-6-5-7-11(16)9(10)2/h5-7H,4,8H2,1-3H3. The lowest BCUT2D eigenvalue weighted by Gasteiger charge is -2.07. The molecule has 5 heteroatoms. The first-order valence-corrected chi connectivity index (χ1v) is 7.19. The largest absolute Gasteiger partial charge is 0.294 e. The van der Waals surface area contributed by atoms with Crippen molar-refractivity contribution in [1.29, 1.82) is 0 Å². The summed E-state index contributed by atoms with van der Waals surface area (Å²) in [6, 6.07) is 5.35. The zero-order valence-corrected chi connectivity index (χ0v) is 13.2. The molecule has 0 aliphatic carbocycles. The van der Waals surface area contributed by atoms with Crippen molar-refractivity contribution in [2.75, 3.05) is 0 Å². The van der Waals surface area contributed by atoms with Gasteiger partial charge in [0.05, 0.1) is 22.8 Å². The summed E-state index contributed by atoms with van der Waals surface area (Å²) in [6.07, 6.45) is 0.973. The highest BCUT2D eigenvalue weighted by molar-refractivity contribution is 6.32. The first kappa shape index (κ1) is 15.1. The third-order valence-corrected chi connectivity index (χ3v) is 4.24. The molecular weight excluding hydrogens is 295 g/mol. The molecular formula is C15H16Cl2N2O. The van der Waals surface area contributed by atoms with Gasteiger partial charge in [0.15, 0.2) is 5.78 Å². The Morgan fingerprint density at radius 1 is 1.35 bits per heavy atom. The van der Waals surface area contributed by atoms with E-state index >= 15 is 0 Å². The summed E-state index contributed by atoms with van der Waals surface area (Å²) < 4.78 is 1.68. The summed E-state index contributed by atoms with van der Waals surface area (Å²) in [5.74, 6) is -0.00227. The number of carbonyl (C=O) groups excluding carboxylic acids is 1. The summed E-state index contributed by atoms with van der Waals surface area (Å²) in [4.78, 5) is 12.4. The summed E-state index contributed by atoms with van der Waals surface area (Å²) >= 11 is 12.3. The van der Waals surface area contributed by atoms with Crippen LogP contribution in [0.4, 0.5) is 0 Å². The molecule has 1 aromatic heterocycles. The molecule has 0 aliphatic rings. The Balaban J connectivity index is 2.33. The minimum Gasteiger partial charge on any atom is -0.294 e. The summed E-state index contributed by atoms with van der Waals surface area (Å²) in [5.41, 5.74) is 2.99. The highest BCUT2D eigenvalue weighted by Crippen LogP contribution is 2.24. The van der Waals surface area contributed by atoms with Gasteiger partial charge in [-0.2, -0.15) is 5.10 Å². The third kappa shape index (κ3) is 2.74. The Hall–Kier alpha value is -1.32. The Bertz CT molecular complexity index is 662. The van der Waals surface area contributed by atoms with E-state index in [1.165, 1.54) is 0 Å². The van der Waals surface area contributed by atoms with Crippen LogP contribution in [0.1, 0.15) is 34.2 Å². The van der Waals surface area contributed by atoms with Crippen molar-refractivity contribution in [3.63, 3.8) is 0 Å². The fourth-order valence-corrected chi connectivity index (χ4v) is 2.70. The SMILES string of the molecule is CCc1nn(C)c(CC(=O)c2cccc(Cl)c2C)c1Cl. The number of benzene rings is 1. The molecule has 0 radical (unpaired) electrons. The highest BCUT2D eigenvalue weighted by atomic mass is 35.5. The van der Waals surface area contributed by atoms with Gasteiger partial charge in [0, 0.05) is 17.6 Å². The van der Waals surface area contributed by atoms with Gasteiger partial charge < -0.3 is 0 Å². The van der Waals surface area contributed by atoms with Gasteiger partial charge in [-0.05, 0) is 25.0 Å². The van der Waals surface area contributed by atoms with Crippen molar-refractivity contribution in [2.24, 2.45) is 7.05 Å². The molecule has 0 aliphatic heterocycles. The summed E-state index contributed by atoms with van der Waals surface area (Å²) in [6.45, 7) is 3.83. The number of carbonyl (C=O) groups is 1. The van der Waals surface area contributed by atoms with Crippen LogP contribution in [0.5, 0.6) is 0 Å². The molecule has 2 aromatic rings. The van der Waals surface area contributed by atoms with Gasteiger partial charge in [-0.3, -0.25) is 9.48 Å². The minimum atomic E-state index is -0.00227. The molecule has 0 bridgehead atoms. The predicted molar refractivity (Wildman–Crippen MR) is 81.8 cm³/mol. The summed E-state index contributed by atoms with van der Waals surface area (Å²) in [5, 5.41) is 5.51. The van der Waals surface area contributed by atoms with Gasteiger partial charge in [0.2, 0.25) is 0 Å². The average molecular weight is 311 g/mol. The van der Waals surface area contributed by atoms with Crippen LogP contribution in [0.15, 0.2) is 18.2 Å². The number of ketones is 1. The van der Waals surface area contributed by atoms with Crippen LogP contribution in [-0.2, 0) is 19.9 Å². The Morgan fingerprint density at radius 2 is 2.05 bits per heavy atom. The maximum absolute atomic E-state index is 12.4. The topological polar surface area (TPSA) is 34.9 Å². The first-order valence-electron chi connectivity index (χ1n) is 6.44. The zero-order chi connectivity index (χ0) is 14.9. The lowest BCUT2D eigenvalue weighted by Crippen LogP contribution is -2.09. The van der Waals surface area contributed by atoms with Crippen molar-refractivity contribution in [3.8, 4) is 0 Å². The van der Waals surface area contributed by atoms with E-state index in [1.807, 2.05) is 13.8 Å². The molecule has 0 atom stereocenters. The van der Waals surface area contributed by atoms with E-state index in [0.29, 0.717) is 15.6 Å². The van der Waals surface area contributed by atoms with E-state index in [-0.39, 0.29) is 12.2 Å². The predicted octanol–water partition coefficient (Wildman–Crippen LogP) is 4.02. The number of rotatable bonds is 4. The number of halogens is 2. The van der Waals surface area contributed by atoms with Crippen LogP contribution in [0.2, 0.25) is 10.0 Å². The Kier molecular flexibility index (Phi) is 4.51. The van der Waals surface area contributed by atoms with Gasteiger partial charge in [0.1, 0.15) is 0 Å². The van der Waals surface area contributed by atoms with Crippen molar-refractivity contribution in [2.45, 2.75) is 26.7 Å². The lowest BCUT2D eigenvalue weighted by molar-refractivity contribution is 0.0990. The second-order valence-corrected chi connectivity index (χ2v) is 5.48. The van der Waals surface area contributed by atoms with E-state index < -0.39 is 0 Å². The fraction of sp³-hybridized carbons (Fsp3) is 0.333. The van der Waals surface area contributed by atoms with Crippen LogP contribution < -0.4 is 0 Å². The number of aromatic nitrogens is 2. The van der Waals surface area contributed by atoms with E-state index in [4.69, 9.17) is 23.2 Å².